The fourth-order valence-electron chi connectivity index (χ4n) is 1.75. The summed E-state index contributed by atoms with van der Waals surface area (Å²) < 4.78 is 1.03. The molecule has 0 aliphatic carbocycles. The number of nitrogens with one attached hydrogen (secondary N) is 2. The number of nitrogens with zero attached hydrogens (tertiary/aromatic N) is 1. The van der Waals surface area contributed by atoms with Gasteiger partial charge in [0.2, 0.25) is 0 Å². The summed E-state index contributed by atoms with van der Waals surface area (Å²) in [4.78, 5) is 16.2. The first-order valence-corrected chi connectivity index (χ1v) is 7.09. The van der Waals surface area contributed by atoms with Gasteiger partial charge in [-0.25, -0.2) is 9.78 Å². The van der Waals surface area contributed by atoms with Crippen LogP contribution in [0.2, 0.25) is 5.02 Å². The molecule has 0 spiro atoms. The van der Waals surface area contributed by atoms with E-state index >= 15 is 0 Å². The second-order valence-electron chi connectivity index (χ2n) is 4.08. The van der Waals surface area contributed by atoms with Crippen LogP contribution in [0, 0.1) is 0 Å². The van der Waals surface area contributed by atoms with Gasteiger partial charge in [0.25, 0.3) is 0 Å². The van der Waals surface area contributed by atoms with Crippen molar-refractivity contribution in [1.82, 2.24) is 4.98 Å². The molecule has 1 heterocycles. The summed E-state index contributed by atoms with van der Waals surface area (Å²) in [5, 5.41) is 6.55. The third-order valence-electron chi connectivity index (χ3n) is 2.60. The van der Waals surface area contributed by atoms with Crippen molar-refractivity contribution in [2.45, 2.75) is 0 Å². The summed E-state index contributed by atoms with van der Waals surface area (Å²) in [6.07, 6.45) is 0. The van der Waals surface area contributed by atoms with E-state index in [1.54, 1.807) is 24.3 Å². The van der Waals surface area contributed by atoms with Gasteiger partial charge in [-0.1, -0.05) is 41.1 Å². The number of rotatable bonds is 2. The minimum absolute atomic E-state index is 0.341. The molecule has 20 heavy (non-hydrogen) atoms. The molecule has 0 fully saturated rings. The highest BCUT2D eigenvalue weighted by atomic mass is 35.5. The molecule has 2 N–H and O–H groups in total. The van der Waals surface area contributed by atoms with Gasteiger partial charge in [0.1, 0.15) is 0 Å². The number of carbonyl (C=O) groups is 1. The molecule has 4 nitrogen and oxygen atoms in total. The van der Waals surface area contributed by atoms with Crippen LogP contribution in [-0.4, -0.2) is 11.0 Å². The Morgan fingerprint density at radius 3 is 2.75 bits per heavy atom. The van der Waals surface area contributed by atoms with Crippen LogP contribution in [-0.2, 0) is 0 Å². The fourth-order valence-corrected chi connectivity index (χ4v) is 2.80. The standard InChI is InChI=1S/C14H10ClN3OS/c15-9-4-3-5-10(8-9)16-13(19)18-14-17-11-6-1-2-7-12(11)20-14/h1-8H,(H2,16,17,18,19). The maximum Gasteiger partial charge on any atom is 0.325 e. The number of anilines is 2. The Kier molecular flexibility index (Phi) is 3.54. The van der Waals surface area contributed by atoms with Crippen LogP contribution < -0.4 is 10.6 Å². The van der Waals surface area contributed by atoms with Crippen molar-refractivity contribution in [3.63, 3.8) is 0 Å². The van der Waals surface area contributed by atoms with E-state index in [0.29, 0.717) is 15.8 Å². The van der Waals surface area contributed by atoms with Crippen molar-refractivity contribution < 1.29 is 4.79 Å². The number of halogens is 1. The van der Waals surface area contributed by atoms with Crippen molar-refractivity contribution in [3.05, 3.63) is 53.6 Å². The Bertz CT molecular complexity index is 739. The first-order valence-electron chi connectivity index (χ1n) is 5.90. The van der Waals surface area contributed by atoms with E-state index in [1.807, 2.05) is 24.3 Å². The van der Waals surface area contributed by atoms with Crippen LogP contribution >= 0.6 is 22.9 Å². The van der Waals surface area contributed by atoms with Crippen LogP contribution in [0.15, 0.2) is 48.5 Å². The van der Waals surface area contributed by atoms with E-state index in [2.05, 4.69) is 15.6 Å². The number of carbonyl (C=O) groups excluding carboxylic acids is 1. The molecule has 6 heteroatoms. The number of urea groups is 1. The lowest BCUT2D eigenvalue weighted by atomic mass is 10.3. The number of hydrogen-bond acceptors (Lipinski definition) is 3. The zero-order chi connectivity index (χ0) is 13.9. The number of thiazole rings is 1. The summed E-state index contributed by atoms with van der Waals surface area (Å²) in [5.41, 5.74) is 1.51. The average Bonchev–Trinajstić information content (AvgIpc) is 2.80. The second-order valence-corrected chi connectivity index (χ2v) is 5.54. The van der Waals surface area contributed by atoms with Gasteiger partial charge >= 0.3 is 6.03 Å². The smallest absolute Gasteiger partial charge is 0.308 e. The quantitative estimate of drug-likeness (QED) is 0.727. The summed E-state index contributed by atoms with van der Waals surface area (Å²) in [6.45, 7) is 0. The van der Waals surface area contributed by atoms with E-state index in [0.717, 1.165) is 10.2 Å². The van der Waals surface area contributed by atoms with Crippen LogP contribution in [0.4, 0.5) is 15.6 Å². The highest BCUT2D eigenvalue weighted by Gasteiger charge is 2.07. The molecule has 3 aromatic rings. The molecule has 0 saturated heterocycles. The van der Waals surface area contributed by atoms with Crippen molar-refractivity contribution in [1.29, 1.82) is 0 Å². The molecule has 0 aliphatic heterocycles. The van der Waals surface area contributed by atoms with Crippen molar-refractivity contribution in [2.75, 3.05) is 10.6 Å². The maximum atomic E-state index is 11.9. The number of amides is 2. The van der Waals surface area contributed by atoms with Gasteiger partial charge in [0, 0.05) is 10.7 Å². The van der Waals surface area contributed by atoms with Gasteiger partial charge in [0.05, 0.1) is 10.2 Å². The topological polar surface area (TPSA) is 54.0 Å². The fraction of sp³-hybridized carbons (Fsp3) is 0. The van der Waals surface area contributed by atoms with E-state index in [4.69, 9.17) is 11.6 Å². The number of para-hydroxylation sites is 1. The molecular formula is C14H10ClN3OS. The first kappa shape index (κ1) is 12.9. The zero-order valence-corrected chi connectivity index (χ0v) is 11.8. The molecule has 0 radical (unpaired) electrons. The SMILES string of the molecule is O=C(Nc1cccc(Cl)c1)Nc1nc2ccccc2s1. The Morgan fingerprint density at radius 2 is 1.95 bits per heavy atom. The van der Waals surface area contributed by atoms with Crippen LogP contribution in [0.5, 0.6) is 0 Å². The number of hydrogen-bond donors (Lipinski definition) is 2. The number of benzene rings is 2. The lowest BCUT2D eigenvalue weighted by Gasteiger charge is -2.05. The van der Waals surface area contributed by atoms with Crippen molar-refractivity contribution in [2.24, 2.45) is 0 Å². The maximum absolute atomic E-state index is 11.9. The Hall–Kier alpha value is -2.11. The summed E-state index contributed by atoms with van der Waals surface area (Å²) in [7, 11) is 0. The molecule has 0 aliphatic rings. The van der Waals surface area contributed by atoms with E-state index in [9.17, 15) is 4.79 Å². The lowest BCUT2D eigenvalue weighted by molar-refractivity contribution is 0.262. The monoisotopic (exact) mass is 303 g/mol. The molecule has 2 amide bonds. The normalized spacial score (nSPS) is 10.4. The Morgan fingerprint density at radius 1 is 1.10 bits per heavy atom. The van der Waals surface area contributed by atoms with E-state index < -0.39 is 0 Å². The summed E-state index contributed by atoms with van der Waals surface area (Å²) >= 11 is 7.29. The van der Waals surface area contributed by atoms with Gasteiger partial charge in [0.15, 0.2) is 5.13 Å². The van der Waals surface area contributed by atoms with Gasteiger partial charge in [-0.3, -0.25) is 5.32 Å². The van der Waals surface area contributed by atoms with Crippen LogP contribution in [0.3, 0.4) is 0 Å². The minimum atomic E-state index is -0.341. The predicted molar refractivity (Wildman–Crippen MR) is 83.7 cm³/mol. The molecule has 1 aromatic heterocycles. The third kappa shape index (κ3) is 2.89. The molecule has 100 valence electrons. The van der Waals surface area contributed by atoms with Gasteiger partial charge in [-0.15, -0.1) is 0 Å². The second kappa shape index (κ2) is 5.48. The highest BCUT2D eigenvalue weighted by molar-refractivity contribution is 7.22. The van der Waals surface area contributed by atoms with E-state index in [1.165, 1.54) is 11.3 Å². The minimum Gasteiger partial charge on any atom is -0.308 e. The van der Waals surface area contributed by atoms with Gasteiger partial charge in [-0.2, -0.15) is 0 Å². The lowest BCUT2D eigenvalue weighted by Crippen LogP contribution is -2.19. The summed E-state index contributed by atoms with van der Waals surface area (Å²) in [6, 6.07) is 14.4. The highest BCUT2D eigenvalue weighted by Crippen LogP contribution is 2.25. The first-order chi connectivity index (χ1) is 9.70. The molecule has 0 bridgehead atoms. The van der Waals surface area contributed by atoms with Crippen molar-refractivity contribution in [3.8, 4) is 0 Å². The molecule has 3 rings (SSSR count). The van der Waals surface area contributed by atoms with E-state index in [-0.39, 0.29) is 6.03 Å². The summed E-state index contributed by atoms with van der Waals surface area (Å²) in [5.74, 6) is 0. The predicted octanol–water partition coefficient (Wildman–Crippen LogP) is 4.59. The number of fused-ring (bicyclic) bond motifs is 1. The molecule has 0 saturated carbocycles. The molecular weight excluding hydrogens is 294 g/mol. The zero-order valence-electron chi connectivity index (χ0n) is 10.3. The van der Waals surface area contributed by atoms with Crippen LogP contribution in [0.1, 0.15) is 0 Å². The molecule has 0 atom stereocenters. The largest absolute Gasteiger partial charge is 0.325 e. The van der Waals surface area contributed by atoms with Crippen molar-refractivity contribution >= 4 is 50.0 Å². The third-order valence-corrected chi connectivity index (χ3v) is 3.78. The molecule has 2 aromatic carbocycles. The molecule has 0 unspecified atom stereocenters. The Labute approximate surface area is 124 Å². The van der Waals surface area contributed by atoms with Crippen LogP contribution in [0.25, 0.3) is 10.2 Å². The number of aromatic nitrogens is 1. The van der Waals surface area contributed by atoms with Gasteiger partial charge in [-0.05, 0) is 30.3 Å². The van der Waals surface area contributed by atoms with Gasteiger partial charge < -0.3 is 5.32 Å². The Balaban J connectivity index is 1.72. The average molecular weight is 304 g/mol.